The molecule has 21 heavy (non-hydrogen) atoms. The number of nitrogens with zero attached hydrogens (tertiary/aromatic N) is 1. The average Bonchev–Trinajstić information content (AvgIpc) is 2.92. The lowest BCUT2D eigenvalue weighted by atomic mass is 10.1. The number of hydrogen-bond donors (Lipinski definition) is 3. The lowest BCUT2D eigenvalue weighted by Gasteiger charge is -2.00. The number of aromatic nitrogens is 2. The summed E-state index contributed by atoms with van der Waals surface area (Å²) in [5.41, 5.74) is -0.292. The SMILES string of the molecule is O=C(O)c1nc(-c2ccc3ccccc3c2)[nH]c1C(=O)O. The zero-order valence-electron chi connectivity index (χ0n) is 10.7. The maximum Gasteiger partial charge on any atom is 0.357 e. The van der Waals surface area contributed by atoms with Crippen LogP contribution in [0.25, 0.3) is 22.2 Å². The summed E-state index contributed by atoms with van der Waals surface area (Å²) in [4.78, 5) is 28.5. The summed E-state index contributed by atoms with van der Waals surface area (Å²) in [5.74, 6) is -2.52. The van der Waals surface area contributed by atoms with E-state index in [0.29, 0.717) is 5.56 Å². The van der Waals surface area contributed by atoms with Gasteiger partial charge in [0.05, 0.1) is 0 Å². The zero-order chi connectivity index (χ0) is 15.0. The standard InChI is InChI=1S/C15H10N2O4/c18-14(19)11-12(15(20)21)17-13(16-11)10-6-5-8-3-1-2-4-9(8)7-10/h1-7H,(H,16,17)(H,18,19)(H,20,21). The molecule has 0 saturated heterocycles. The average molecular weight is 282 g/mol. The number of aromatic amines is 1. The fraction of sp³-hybridized carbons (Fsp3) is 0. The van der Waals surface area contributed by atoms with Gasteiger partial charge in [0.25, 0.3) is 0 Å². The van der Waals surface area contributed by atoms with Crippen LogP contribution in [0, 0.1) is 0 Å². The molecular weight excluding hydrogens is 272 g/mol. The van der Waals surface area contributed by atoms with E-state index in [-0.39, 0.29) is 5.82 Å². The number of rotatable bonds is 3. The zero-order valence-corrected chi connectivity index (χ0v) is 10.7. The number of carbonyl (C=O) groups is 2. The van der Waals surface area contributed by atoms with Gasteiger partial charge >= 0.3 is 11.9 Å². The number of fused-ring (bicyclic) bond motifs is 1. The number of nitrogens with one attached hydrogen (secondary N) is 1. The second kappa shape index (κ2) is 4.75. The number of H-pyrrole nitrogens is 1. The van der Waals surface area contributed by atoms with E-state index in [4.69, 9.17) is 10.2 Å². The van der Waals surface area contributed by atoms with E-state index in [0.717, 1.165) is 10.8 Å². The molecule has 1 heterocycles. The third kappa shape index (κ3) is 2.23. The van der Waals surface area contributed by atoms with Gasteiger partial charge in [0.15, 0.2) is 11.4 Å². The van der Waals surface area contributed by atoms with E-state index in [9.17, 15) is 9.59 Å². The Morgan fingerprint density at radius 1 is 0.952 bits per heavy atom. The smallest absolute Gasteiger partial charge is 0.357 e. The molecule has 0 aliphatic rings. The molecule has 0 aliphatic carbocycles. The van der Waals surface area contributed by atoms with Crippen molar-refractivity contribution >= 4 is 22.7 Å². The molecule has 0 saturated carbocycles. The molecule has 6 heteroatoms. The Bertz CT molecular complexity index is 835. The van der Waals surface area contributed by atoms with Crippen LogP contribution in [-0.2, 0) is 0 Å². The Kier molecular flexibility index (Phi) is 2.91. The Balaban J connectivity index is 2.16. The van der Waals surface area contributed by atoms with Crippen LogP contribution < -0.4 is 0 Å². The first kappa shape index (κ1) is 12.9. The van der Waals surface area contributed by atoms with Crippen LogP contribution >= 0.6 is 0 Å². The second-order valence-electron chi connectivity index (χ2n) is 4.48. The molecule has 2 aromatic carbocycles. The monoisotopic (exact) mass is 282 g/mol. The first-order chi connectivity index (χ1) is 10.1. The molecule has 3 N–H and O–H groups in total. The van der Waals surface area contributed by atoms with Crippen LogP contribution in [0.3, 0.4) is 0 Å². The van der Waals surface area contributed by atoms with Gasteiger partial charge in [-0.05, 0) is 16.8 Å². The third-order valence-electron chi connectivity index (χ3n) is 3.14. The normalized spacial score (nSPS) is 10.7. The van der Waals surface area contributed by atoms with Crippen LogP contribution in [-0.4, -0.2) is 32.1 Å². The van der Waals surface area contributed by atoms with Crippen LogP contribution in [0.15, 0.2) is 42.5 Å². The molecule has 0 aliphatic heterocycles. The fourth-order valence-corrected chi connectivity index (χ4v) is 2.16. The van der Waals surface area contributed by atoms with Crippen molar-refractivity contribution in [2.75, 3.05) is 0 Å². The van der Waals surface area contributed by atoms with Gasteiger partial charge in [-0.15, -0.1) is 0 Å². The minimum atomic E-state index is -1.38. The predicted octanol–water partition coefficient (Wildman–Crippen LogP) is 2.63. The highest BCUT2D eigenvalue weighted by Crippen LogP contribution is 2.23. The number of benzene rings is 2. The van der Waals surface area contributed by atoms with Gasteiger partial charge in [0.2, 0.25) is 0 Å². The Labute approximate surface area is 118 Å². The van der Waals surface area contributed by atoms with Gasteiger partial charge in [-0.3, -0.25) is 0 Å². The van der Waals surface area contributed by atoms with Gasteiger partial charge in [0.1, 0.15) is 5.82 Å². The van der Waals surface area contributed by atoms with Crippen molar-refractivity contribution in [3.8, 4) is 11.4 Å². The molecule has 0 radical (unpaired) electrons. The van der Waals surface area contributed by atoms with Gasteiger partial charge in [0, 0.05) is 5.56 Å². The van der Waals surface area contributed by atoms with Crippen molar-refractivity contribution in [1.82, 2.24) is 9.97 Å². The molecule has 3 aromatic rings. The summed E-state index contributed by atoms with van der Waals surface area (Å²) in [6.45, 7) is 0. The lowest BCUT2D eigenvalue weighted by molar-refractivity contribution is 0.0644. The van der Waals surface area contributed by atoms with Crippen molar-refractivity contribution in [1.29, 1.82) is 0 Å². The molecular formula is C15H10N2O4. The van der Waals surface area contributed by atoms with E-state index in [1.54, 1.807) is 6.07 Å². The van der Waals surface area contributed by atoms with Gasteiger partial charge in [-0.25, -0.2) is 14.6 Å². The maximum absolute atomic E-state index is 11.0. The Morgan fingerprint density at radius 3 is 2.29 bits per heavy atom. The molecule has 0 atom stereocenters. The molecule has 3 rings (SSSR count). The first-order valence-corrected chi connectivity index (χ1v) is 6.12. The topological polar surface area (TPSA) is 103 Å². The predicted molar refractivity (Wildman–Crippen MR) is 75.4 cm³/mol. The van der Waals surface area contributed by atoms with Gasteiger partial charge in [-0.1, -0.05) is 36.4 Å². The fourth-order valence-electron chi connectivity index (χ4n) is 2.16. The van der Waals surface area contributed by atoms with Gasteiger partial charge in [-0.2, -0.15) is 0 Å². The first-order valence-electron chi connectivity index (χ1n) is 6.12. The number of aromatic carboxylic acids is 2. The summed E-state index contributed by atoms with van der Waals surface area (Å²) in [5, 5.41) is 20.0. The molecule has 0 amide bonds. The second-order valence-corrected chi connectivity index (χ2v) is 4.48. The van der Waals surface area contributed by atoms with E-state index in [1.807, 2.05) is 36.4 Å². The molecule has 0 fully saturated rings. The highest BCUT2D eigenvalue weighted by atomic mass is 16.4. The molecule has 0 bridgehead atoms. The van der Waals surface area contributed by atoms with Crippen molar-refractivity contribution in [3.63, 3.8) is 0 Å². The van der Waals surface area contributed by atoms with Crippen molar-refractivity contribution in [2.45, 2.75) is 0 Å². The summed E-state index contributed by atoms with van der Waals surface area (Å²) < 4.78 is 0. The summed E-state index contributed by atoms with van der Waals surface area (Å²) in [6.07, 6.45) is 0. The summed E-state index contributed by atoms with van der Waals surface area (Å²) >= 11 is 0. The van der Waals surface area contributed by atoms with E-state index in [2.05, 4.69) is 9.97 Å². The number of carboxylic acids is 2. The molecule has 1 aromatic heterocycles. The molecule has 0 unspecified atom stereocenters. The van der Waals surface area contributed by atoms with Crippen molar-refractivity contribution in [3.05, 3.63) is 53.9 Å². The Hall–Kier alpha value is -3.15. The highest BCUT2D eigenvalue weighted by Gasteiger charge is 2.22. The van der Waals surface area contributed by atoms with Crippen molar-refractivity contribution < 1.29 is 19.8 Å². The minimum Gasteiger partial charge on any atom is -0.477 e. The minimum absolute atomic E-state index is 0.218. The van der Waals surface area contributed by atoms with Crippen LogP contribution in [0.2, 0.25) is 0 Å². The van der Waals surface area contributed by atoms with Crippen LogP contribution in [0.5, 0.6) is 0 Å². The van der Waals surface area contributed by atoms with E-state index in [1.165, 1.54) is 0 Å². The molecule has 6 nitrogen and oxygen atoms in total. The summed E-state index contributed by atoms with van der Waals surface area (Å²) in [6, 6.07) is 13.1. The summed E-state index contributed by atoms with van der Waals surface area (Å²) in [7, 11) is 0. The molecule has 0 spiro atoms. The van der Waals surface area contributed by atoms with Crippen LogP contribution in [0.4, 0.5) is 0 Å². The third-order valence-corrected chi connectivity index (χ3v) is 3.14. The van der Waals surface area contributed by atoms with Crippen molar-refractivity contribution in [2.24, 2.45) is 0 Å². The lowest BCUT2D eigenvalue weighted by Crippen LogP contribution is -2.07. The number of imidazole rings is 1. The quantitative estimate of drug-likeness (QED) is 0.685. The molecule has 104 valence electrons. The van der Waals surface area contributed by atoms with E-state index < -0.39 is 23.3 Å². The van der Waals surface area contributed by atoms with E-state index >= 15 is 0 Å². The highest BCUT2D eigenvalue weighted by molar-refractivity contribution is 6.00. The van der Waals surface area contributed by atoms with Gasteiger partial charge < -0.3 is 15.2 Å². The Morgan fingerprint density at radius 2 is 1.67 bits per heavy atom. The number of hydrogen-bond acceptors (Lipinski definition) is 3. The largest absolute Gasteiger partial charge is 0.477 e. The number of carboxylic acid groups (broad SMARTS) is 2. The maximum atomic E-state index is 11.0. The van der Waals surface area contributed by atoms with Crippen LogP contribution in [0.1, 0.15) is 21.0 Å².